The Morgan fingerprint density at radius 1 is 1.47 bits per heavy atom. The van der Waals surface area contributed by atoms with Crippen molar-refractivity contribution in [2.24, 2.45) is 5.73 Å². The molecule has 1 aromatic rings. The van der Waals surface area contributed by atoms with Gasteiger partial charge < -0.3 is 10.8 Å². The zero-order valence-electron chi connectivity index (χ0n) is 7.97. The predicted molar refractivity (Wildman–Crippen MR) is 62.4 cm³/mol. The molecule has 0 fully saturated rings. The highest BCUT2D eigenvalue weighted by molar-refractivity contribution is 7.59. The average molecular weight is 224 g/mol. The van der Waals surface area contributed by atoms with E-state index < -0.39 is 12.0 Å². The molecule has 0 saturated carbocycles. The fraction of sp³-hybridized carbons (Fsp3) is 0.200. The lowest BCUT2D eigenvalue weighted by atomic mass is 10.1. The van der Waals surface area contributed by atoms with Crippen molar-refractivity contribution in [2.45, 2.75) is 12.5 Å². The van der Waals surface area contributed by atoms with E-state index in [2.05, 4.69) is 4.85 Å². The van der Waals surface area contributed by atoms with Crippen LogP contribution in [-0.4, -0.2) is 17.1 Å². The molecule has 0 unspecified atom stereocenters. The van der Waals surface area contributed by atoms with Gasteiger partial charge in [0.1, 0.15) is 6.04 Å². The lowest BCUT2D eigenvalue weighted by Crippen LogP contribution is -2.32. The maximum Gasteiger partial charge on any atom is 0.320 e. The van der Waals surface area contributed by atoms with Gasteiger partial charge in [0, 0.05) is 0 Å². The molecule has 0 aromatic heterocycles. The van der Waals surface area contributed by atoms with Gasteiger partial charge in [0.2, 0.25) is 0 Å². The van der Waals surface area contributed by atoms with E-state index in [1.54, 1.807) is 24.3 Å². The van der Waals surface area contributed by atoms with Crippen LogP contribution in [0.1, 0.15) is 5.56 Å². The van der Waals surface area contributed by atoms with Crippen LogP contribution in [-0.2, 0) is 11.2 Å². The summed E-state index contributed by atoms with van der Waals surface area (Å²) in [5, 5.41) is 8.57. The second kappa shape index (κ2) is 6.06. The quantitative estimate of drug-likeness (QED) is 0.760. The maximum atomic E-state index is 10.5. The number of benzene rings is 1. The molecule has 1 aromatic carbocycles. The van der Waals surface area contributed by atoms with Crippen LogP contribution in [0.5, 0.6) is 0 Å². The van der Waals surface area contributed by atoms with Gasteiger partial charge in [-0.05, 0) is 12.0 Å². The fourth-order valence-corrected chi connectivity index (χ4v) is 1.05. The standard InChI is InChI=1S/C10H10N2O2.H2S/c1-12-8-4-2-7(3-5-8)6-9(11)10(13)14;/h2-5,9H,6,11H2,(H,13,14);1H2/t9-;/m0./s1. The van der Waals surface area contributed by atoms with Crippen molar-refractivity contribution in [3.8, 4) is 0 Å². The molecule has 0 saturated heterocycles. The Bertz CT molecular complexity index is 370. The van der Waals surface area contributed by atoms with Crippen LogP contribution < -0.4 is 5.73 Å². The van der Waals surface area contributed by atoms with Crippen molar-refractivity contribution in [3.63, 3.8) is 0 Å². The first-order valence-corrected chi connectivity index (χ1v) is 4.08. The smallest absolute Gasteiger partial charge is 0.320 e. The Labute approximate surface area is 95.0 Å². The summed E-state index contributed by atoms with van der Waals surface area (Å²) in [4.78, 5) is 13.7. The van der Waals surface area contributed by atoms with E-state index in [1.807, 2.05) is 0 Å². The molecule has 80 valence electrons. The van der Waals surface area contributed by atoms with Crippen molar-refractivity contribution in [2.75, 3.05) is 0 Å². The van der Waals surface area contributed by atoms with E-state index in [4.69, 9.17) is 17.4 Å². The highest BCUT2D eigenvalue weighted by Gasteiger charge is 2.11. The molecule has 5 heteroatoms. The normalized spacial score (nSPS) is 10.9. The molecule has 3 N–H and O–H groups in total. The predicted octanol–water partition coefficient (Wildman–Crippen LogP) is 1.30. The average Bonchev–Trinajstić information content (AvgIpc) is 2.19. The van der Waals surface area contributed by atoms with Gasteiger partial charge in [-0.3, -0.25) is 4.79 Å². The van der Waals surface area contributed by atoms with Gasteiger partial charge in [-0.25, -0.2) is 4.85 Å². The number of carboxylic acids is 1. The molecular weight excluding hydrogens is 212 g/mol. The van der Waals surface area contributed by atoms with Crippen molar-refractivity contribution in [1.29, 1.82) is 0 Å². The molecule has 1 rings (SSSR count). The molecule has 0 aliphatic rings. The number of hydrogen-bond donors (Lipinski definition) is 2. The summed E-state index contributed by atoms with van der Waals surface area (Å²) >= 11 is 0. The number of aliphatic carboxylic acids is 1. The van der Waals surface area contributed by atoms with Gasteiger partial charge in [-0.1, -0.05) is 24.3 Å². The van der Waals surface area contributed by atoms with Crippen molar-refractivity contribution >= 4 is 25.2 Å². The largest absolute Gasteiger partial charge is 0.480 e. The first kappa shape index (κ1) is 13.5. The number of nitrogens with zero attached hydrogens (tertiary/aromatic N) is 1. The Morgan fingerprint density at radius 2 is 2.00 bits per heavy atom. The van der Waals surface area contributed by atoms with Gasteiger partial charge in [0.05, 0.1) is 6.57 Å². The van der Waals surface area contributed by atoms with Gasteiger partial charge in [-0.15, -0.1) is 0 Å². The zero-order valence-corrected chi connectivity index (χ0v) is 8.97. The molecule has 4 nitrogen and oxygen atoms in total. The minimum Gasteiger partial charge on any atom is -0.480 e. The summed E-state index contributed by atoms with van der Waals surface area (Å²) < 4.78 is 0. The summed E-state index contributed by atoms with van der Waals surface area (Å²) in [7, 11) is 0. The SMILES string of the molecule is S.[C-]#[N+]c1ccc(C[C@H](N)C(=O)O)cc1. The fourth-order valence-electron chi connectivity index (χ4n) is 1.05. The number of nitrogens with two attached hydrogens (primary N) is 1. The molecule has 0 aliphatic heterocycles. The Kier molecular flexibility index (Phi) is 5.45. The topological polar surface area (TPSA) is 67.7 Å². The van der Waals surface area contributed by atoms with Crippen LogP contribution in [0.25, 0.3) is 4.85 Å². The van der Waals surface area contributed by atoms with Crippen LogP contribution in [0, 0.1) is 6.57 Å². The molecule has 0 spiro atoms. The Balaban J connectivity index is 0.00000196. The van der Waals surface area contributed by atoms with Crippen LogP contribution >= 0.6 is 13.5 Å². The van der Waals surface area contributed by atoms with Gasteiger partial charge in [-0.2, -0.15) is 13.5 Å². The van der Waals surface area contributed by atoms with E-state index in [0.29, 0.717) is 5.69 Å². The second-order valence-corrected chi connectivity index (χ2v) is 2.93. The molecule has 0 radical (unpaired) electrons. The highest BCUT2D eigenvalue weighted by Crippen LogP contribution is 2.13. The van der Waals surface area contributed by atoms with Crippen molar-refractivity contribution in [3.05, 3.63) is 41.2 Å². The van der Waals surface area contributed by atoms with E-state index in [0.717, 1.165) is 5.56 Å². The number of rotatable bonds is 3. The third-order valence-corrected chi connectivity index (χ3v) is 1.84. The summed E-state index contributed by atoms with van der Waals surface area (Å²) in [5.74, 6) is -1.01. The van der Waals surface area contributed by atoms with E-state index in [-0.39, 0.29) is 19.9 Å². The monoisotopic (exact) mass is 224 g/mol. The molecular formula is C10H12N2O2S. The maximum absolute atomic E-state index is 10.5. The number of carbonyl (C=O) groups is 1. The highest BCUT2D eigenvalue weighted by atomic mass is 32.1. The van der Waals surface area contributed by atoms with Crippen LogP contribution in [0.15, 0.2) is 24.3 Å². The summed E-state index contributed by atoms with van der Waals surface area (Å²) in [6, 6.07) is 5.86. The third-order valence-electron chi connectivity index (χ3n) is 1.84. The van der Waals surface area contributed by atoms with E-state index in [9.17, 15) is 4.79 Å². The third kappa shape index (κ3) is 4.02. The van der Waals surface area contributed by atoms with E-state index in [1.165, 1.54) is 0 Å². The molecule has 0 bridgehead atoms. The summed E-state index contributed by atoms with van der Waals surface area (Å²) in [5.41, 5.74) is 6.72. The van der Waals surface area contributed by atoms with Gasteiger partial charge in [0.15, 0.2) is 5.69 Å². The minimum absolute atomic E-state index is 0. The molecule has 0 aliphatic carbocycles. The Hall–Kier alpha value is -1.51. The number of carboxylic acid groups (broad SMARTS) is 1. The summed E-state index contributed by atoms with van der Waals surface area (Å²) in [6.07, 6.45) is 0.285. The van der Waals surface area contributed by atoms with E-state index >= 15 is 0 Å². The Morgan fingerprint density at radius 3 is 2.40 bits per heavy atom. The van der Waals surface area contributed by atoms with Crippen LogP contribution in [0.2, 0.25) is 0 Å². The molecule has 1 atom stereocenters. The zero-order chi connectivity index (χ0) is 10.6. The molecule has 0 heterocycles. The molecule has 15 heavy (non-hydrogen) atoms. The minimum atomic E-state index is -1.01. The van der Waals surface area contributed by atoms with Crippen LogP contribution in [0.3, 0.4) is 0 Å². The van der Waals surface area contributed by atoms with Crippen LogP contribution in [0.4, 0.5) is 5.69 Å². The lowest BCUT2D eigenvalue weighted by Gasteiger charge is -2.05. The second-order valence-electron chi connectivity index (χ2n) is 2.93. The lowest BCUT2D eigenvalue weighted by molar-refractivity contribution is -0.138. The molecule has 0 amide bonds. The van der Waals surface area contributed by atoms with Gasteiger partial charge >= 0.3 is 5.97 Å². The van der Waals surface area contributed by atoms with Crippen molar-refractivity contribution in [1.82, 2.24) is 0 Å². The first-order chi connectivity index (χ1) is 6.63. The summed E-state index contributed by atoms with van der Waals surface area (Å²) in [6.45, 7) is 6.73. The first-order valence-electron chi connectivity index (χ1n) is 4.08. The van der Waals surface area contributed by atoms with Gasteiger partial charge in [0.25, 0.3) is 0 Å². The number of hydrogen-bond acceptors (Lipinski definition) is 2. The van der Waals surface area contributed by atoms with Crippen molar-refractivity contribution < 1.29 is 9.90 Å².